The molecule has 14 aromatic carbocycles. The van der Waals surface area contributed by atoms with Gasteiger partial charge in [0.1, 0.15) is 11.5 Å². The second-order valence-corrected chi connectivity index (χ2v) is 29.2. The van der Waals surface area contributed by atoms with E-state index in [-0.39, 0.29) is 24.3 Å². The first-order chi connectivity index (χ1) is 48.9. The van der Waals surface area contributed by atoms with Gasteiger partial charge < -0.3 is 28.9 Å². The third-order valence-electron chi connectivity index (χ3n) is 21.3. The minimum Gasteiger partial charge on any atom is -0.458 e. The van der Waals surface area contributed by atoms with Gasteiger partial charge in [-0.05, 0) is 175 Å². The Kier molecular flexibility index (Phi) is 13.5. The standard InChI is InChI=1S/C92H71B2N5O/c1-91(2,3)62-48-50-79-71(52-62)72-53-63(92(4,5)6)49-51-80(72)98(79)68-56-86-90-88(57-68)100-87-47-29-25-43-74(87)94(90)75-58-76-83(59-82(75)97(86)66-38-20-11-21-39-66)99(78-45-27-23-41-70(78)61-32-14-8-15-33-61)85-55-67(54-84-89(85)93(76)73-42-24-28-46-81(73)96(84)65-36-18-10-19-37-65)95(64-34-16-9-17-35-64)77-44-26-22-40-69(77)60-30-12-7-13-31-60/h7-59H,1-6H3. The van der Waals surface area contributed by atoms with Crippen molar-refractivity contribution in [3.63, 3.8) is 0 Å². The fourth-order valence-corrected chi connectivity index (χ4v) is 16.6. The van der Waals surface area contributed by atoms with Crippen LogP contribution in [-0.4, -0.2) is 18.0 Å². The molecule has 100 heavy (non-hydrogen) atoms. The summed E-state index contributed by atoms with van der Waals surface area (Å²) >= 11 is 0. The molecule has 0 atom stereocenters. The molecule has 0 radical (unpaired) electrons. The van der Waals surface area contributed by atoms with Gasteiger partial charge in [0.05, 0.1) is 33.8 Å². The summed E-state index contributed by atoms with van der Waals surface area (Å²) in [5, 5.41) is 2.48. The lowest BCUT2D eigenvalue weighted by molar-refractivity contribution is 0.487. The van der Waals surface area contributed by atoms with Crippen LogP contribution in [0.15, 0.2) is 322 Å². The van der Waals surface area contributed by atoms with Gasteiger partial charge in [0.2, 0.25) is 0 Å². The van der Waals surface area contributed by atoms with Gasteiger partial charge in [-0.1, -0.05) is 248 Å². The molecule has 4 aliphatic heterocycles. The highest BCUT2D eigenvalue weighted by molar-refractivity contribution is 7.02. The van der Waals surface area contributed by atoms with E-state index in [0.717, 1.165) is 130 Å². The van der Waals surface area contributed by atoms with E-state index in [9.17, 15) is 0 Å². The van der Waals surface area contributed by atoms with E-state index < -0.39 is 0 Å². The number of hydrogen-bond acceptors (Lipinski definition) is 5. The van der Waals surface area contributed by atoms with Crippen molar-refractivity contribution in [1.82, 2.24) is 4.57 Å². The van der Waals surface area contributed by atoms with Crippen molar-refractivity contribution >= 4 is 136 Å². The molecule has 19 rings (SSSR count). The molecule has 0 N–H and O–H groups in total. The lowest BCUT2D eigenvalue weighted by Crippen LogP contribution is -2.64. The van der Waals surface area contributed by atoms with Crippen LogP contribution < -0.4 is 57.1 Å². The zero-order chi connectivity index (χ0) is 67.1. The molecule has 4 aliphatic rings. The smallest absolute Gasteiger partial charge is 0.256 e. The van der Waals surface area contributed by atoms with Gasteiger partial charge in [0, 0.05) is 79.2 Å². The first kappa shape index (κ1) is 59.3. The predicted molar refractivity (Wildman–Crippen MR) is 424 cm³/mol. The van der Waals surface area contributed by atoms with E-state index in [0.29, 0.717) is 0 Å². The molecular formula is C92H71B2N5O. The zero-order valence-electron chi connectivity index (χ0n) is 56.9. The summed E-state index contributed by atoms with van der Waals surface area (Å²) in [6.45, 7) is 13.5. The quantitative estimate of drug-likeness (QED) is 0.134. The number of rotatable bonds is 9. The summed E-state index contributed by atoms with van der Waals surface area (Å²) in [4.78, 5) is 10.2. The highest BCUT2D eigenvalue weighted by Crippen LogP contribution is 2.53. The van der Waals surface area contributed by atoms with Gasteiger partial charge in [0.25, 0.3) is 13.4 Å². The van der Waals surface area contributed by atoms with E-state index in [2.05, 4.69) is 387 Å². The minimum absolute atomic E-state index is 0.0503. The van der Waals surface area contributed by atoms with Crippen molar-refractivity contribution in [3.05, 3.63) is 333 Å². The summed E-state index contributed by atoms with van der Waals surface area (Å²) in [5.74, 6) is 1.72. The first-order valence-corrected chi connectivity index (χ1v) is 35.0. The third kappa shape index (κ3) is 9.34. The zero-order valence-corrected chi connectivity index (χ0v) is 56.9. The molecule has 0 spiro atoms. The monoisotopic (exact) mass is 1280 g/mol. The first-order valence-electron chi connectivity index (χ1n) is 35.0. The van der Waals surface area contributed by atoms with Crippen molar-refractivity contribution in [2.45, 2.75) is 52.4 Å². The second-order valence-electron chi connectivity index (χ2n) is 29.2. The molecule has 0 saturated carbocycles. The molecule has 5 heterocycles. The molecule has 0 fully saturated rings. The number of hydrogen-bond donors (Lipinski definition) is 0. The SMILES string of the molecule is CC(C)(C)c1ccc2c(c1)c1cc(C(C)(C)C)ccc1n2-c1cc2c3c(c1)N(c1ccccc1)c1cc4c(cc1B3c1ccccc1O2)B1c2ccccc2N(c2ccccc2)c2cc(N(c3ccccc3)c3ccccc3-c3ccccc3)cc(c21)N4c1ccccc1-c1ccccc1. The number of fused-ring (bicyclic) bond motifs is 11. The van der Waals surface area contributed by atoms with E-state index >= 15 is 0 Å². The Morgan fingerprint density at radius 3 is 1.39 bits per heavy atom. The van der Waals surface area contributed by atoms with Crippen LogP contribution in [0.3, 0.4) is 0 Å². The molecule has 0 unspecified atom stereocenters. The number of aromatic nitrogens is 1. The molecule has 15 aromatic rings. The maximum atomic E-state index is 7.44. The number of ether oxygens (including phenoxy) is 1. The maximum Gasteiger partial charge on any atom is 0.256 e. The van der Waals surface area contributed by atoms with E-state index in [1.807, 2.05) is 0 Å². The summed E-state index contributed by atoms with van der Waals surface area (Å²) in [6, 6.07) is 120. The van der Waals surface area contributed by atoms with Crippen LogP contribution in [0.1, 0.15) is 52.7 Å². The summed E-state index contributed by atoms with van der Waals surface area (Å²) in [5.41, 5.74) is 30.6. The Balaban J connectivity index is 0.932. The number of benzene rings is 14. The Hall–Kier alpha value is -12.0. The lowest BCUT2D eigenvalue weighted by atomic mass is 9.30. The largest absolute Gasteiger partial charge is 0.458 e. The van der Waals surface area contributed by atoms with Crippen molar-refractivity contribution < 1.29 is 4.74 Å². The van der Waals surface area contributed by atoms with Crippen LogP contribution in [0.5, 0.6) is 11.5 Å². The molecule has 0 amide bonds. The summed E-state index contributed by atoms with van der Waals surface area (Å²) < 4.78 is 9.94. The minimum atomic E-state index is -0.214. The Morgan fingerprint density at radius 1 is 0.300 bits per heavy atom. The van der Waals surface area contributed by atoms with Crippen molar-refractivity contribution in [2.75, 3.05) is 19.6 Å². The molecule has 0 aliphatic carbocycles. The topological polar surface area (TPSA) is 27.1 Å². The van der Waals surface area contributed by atoms with Crippen LogP contribution in [-0.2, 0) is 10.8 Å². The molecule has 0 bridgehead atoms. The fourth-order valence-electron chi connectivity index (χ4n) is 16.6. The number of para-hydroxylation sites is 7. The molecule has 6 nitrogen and oxygen atoms in total. The number of anilines is 12. The number of nitrogens with zero attached hydrogens (tertiary/aromatic N) is 5. The Labute approximate surface area is 586 Å². The van der Waals surface area contributed by atoms with Gasteiger partial charge in [0.15, 0.2) is 0 Å². The van der Waals surface area contributed by atoms with Crippen molar-refractivity contribution in [2.24, 2.45) is 0 Å². The second kappa shape index (κ2) is 22.8. The maximum absolute atomic E-state index is 7.44. The van der Waals surface area contributed by atoms with Crippen LogP contribution in [0.4, 0.5) is 68.2 Å². The van der Waals surface area contributed by atoms with Gasteiger partial charge in [-0.2, -0.15) is 0 Å². The summed E-state index contributed by atoms with van der Waals surface area (Å²) in [6.07, 6.45) is 0. The van der Waals surface area contributed by atoms with E-state index in [1.54, 1.807) is 0 Å². The fraction of sp³-hybridized carbons (Fsp3) is 0.0870. The Bertz CT molecular complexity index is 5690. The molecule has 0 saturated heterocycles. The van der Waals surface area contributed by atoms with Gasteiger partial charge in [-0.25, -0.2) is 0 Å². The lowest BCUT2D eigenvalue weighted by Gasteiger charge is -2.47. The van der Waals surface area contributed by atoms with Gasteiger partial charge >= 0.3 is 0 Å². The van der Waals surface area contributed by atoms with Crippen LogP contribution in [0.2, 0.25) is 0 Å². The third-order valence-corrected chi connectivity index (χ3v) is 21.3. The van der Waals surface area contributed by atoms with E-state index in [1.165, 1.54) is 43.8 Å². The Morgan fingerprint density at radius 2 is 0.770 bits per heavy atom. The predicted octanol–water partition coefficient (Wildman–Crippen LogP) is 20.7. The normalized spacial score (nSPS) is 13.3. The van der Waals surface area contributed by atoms with Crippen molar-refractivity contribution in [1.29, 1.82) is 0 Å². The van der Waals surface area contributed by atoms with Crippen molar-refractivity contribution in [3.8, 4) is 39.4 Å². The molecular weight excluding hydrogens is 1210 g/mol. The average Bonchev–Trinajstić information content (AvgIpc) is 0.763. The van der Waals surface area contributed by atoms with Crippen LogP contribution in [0.25, 0.3) is 49.7 Å². The summed E-state index contributed by atoms with van der Waals surface area (Å²) in [7, 11) is 0. The highest BCUT2D eigenvalue weighted by atomic mass is 16.5. The molecule has 476 valence electrons. The van der Waals surface area contributed by atoms with Crippen LogP contribution in [0, 0.1) is 0 Å². The van der Waals surface area contributed by atoms with E-state index in [4.69, 9.17) is 4.74 Å². The average molecular weight is 1280 g/mol. The molecule has 1 aromatic heterocycles. The highest BCUT2D eigenvalue weighted by Gasteiger charge is 2.49. The van der Waals surface area contributed by atoms with Gasteiger partial charge in [-0.15, -0.1) is 0 Å². The molecule has 8 heteroatoms. The van der Waals surface area contributed by atoms with Crippen LogP contribution >= 0.6 is 0 Å². The van der Waals surface area contributed by atoms with Gasteiger partial charge in [-0.3, -0.25) is 0 Å².